The lowest BCUT2D eigenvalue weighted by molar-refractivity contribution is 0.518. The van der Waals surface area contributed by atoms with E-state index < -0.39 is 0 Å². The molecule has 4 nitrogen and oxygen atoms in total. The Kier molecular flexibility index (Phi) is 7.68. The Bertz CT molecular complexity index is 233. The van der Waals surface area contributed by atoms with Gasteiger partial charge in [0.05, 0.1) is 6.20 Å². The molecule has 0 aliphatic carbocycles. The minimum atomic E-state index is 0.961. The van der Waals surface area contributed by atoms with Gasteiger partial charge in [0.1, 0.15) is 0 Å². The number of nitrogens with zero attached hydrogens (tertiary/aromatic N) is 3. The van der Waals surface area contributed by atoms with Crippen LogP contribution in [0.5, 0.6) is 0 Å². The Morgan fingerprint density at radius 3 is 2.62 bits per heavy atom. The lowest BCUT2D eigenvalue weighted by atomic mass is 10.1. The standard InChI is InChI=1S/C12H24N4/c1-2-3-4-5-6-8-13-9-7-11-16-12-10-14-15-16/h10,12-13H,2-9,11H2,1H3. The zero-order valence-corrected chi connectivity index (χ0v) is 10.4. The molecule has 0 fully saturated rings. The largest absolute Gasteiger partial charge is 0.317 e. The summed E-state index contributed by atoms with van der Waals surface area (Å²) < 4.78 is 1.88. The van der Waals surface area contributed by atoms with Crippen LogP contribution >= 0.6 is 0 Å². The van der Waals surface area contributed by atoms with E-state index in [0.717, 1.165) is 26.1 Å². The van der Waals surface area contributed by atoms with Crippen LogP contribution in [0.3, 0.4) is 0 Å². The fourth-order valence-electron chi connectivity index (χ4n) is 1.70. The smallest absolute Gasteiger partial charge is 0.0692 e. The second-order valence-corrected chi connectivity index (χ2v) is 4.18. The fourth-order valence-corrected chi connectivity index (χ4v) is 1.70. The van der Waals surface area contributed by atoms with Gasteiger partial charge >= 0.3 is 0 Å². The Labute approximate surface area is 98.4 Å². The predicted octanol–water partition coefficient (Wildman–Crippen LogP) is 2.23. The lowest BCUT2D eigenvalue weighted by Crippen LogP contribution is -2.18. The van der Waals surface area contributed by atoms with Crippen LogP contribution in [0, 0.1) is 0 Å². The maximum atomic E-state index is 3.92. The van der Waals surface area contributed by atoms with Crippen molar-refractivity contribution >= 4 is 0 Å². The third-order valence-corrected chi connectivity index (χ3v) is 2.67. The molecule has 1 N–H and O–H groups in total. The third-order valence-electron chi connectivity index (χ3n) is 2.67. The van der Waals surface area contributed by atoms with E-state index >= 15 is 0 Å². The molecule has 0 aliphatic rings. The molecule has 4 heteroatoms. The number of aryl methyl sites for hydroxylation is 1. The molecule has 92 valence electrons. The van der Waals surface area contributed by atoms with Gasteiger partial charge in [-0.1, -0.05) is 37.8 Å². The van der Waals surface area contributed by atoms with Crippen LogP contribution in [0.25, 0.3) is 0 Å². The summed E-state index contributed by atoms with van der Waals surface area (Å²) in [5, 5.41) is 11.2. The molecule has 0 amide bonds. The van der Waals surface area contributed by atoms with Crippen molar-refractivity contribution in [2.75, 3.05) is 13.1 Å². The Balaban J connectivity index is 1.78. The van der Waals surface area contributed by atoms with E-state index in [1.54, 1.807) is 6.20 Å². The SMILES string of the molecule is CCCCCCCNCCCn1ccnn1. The van der Waals surface area contributed by atoms with Gasteiger partial charge in [-0.25, -0.2) is 0 Å². The molecule has 16 heavy (non-hydrogen) atoms. The number of nitrogens with one attached hydrogen (secondary N) is 1. The van der Waals surface area contributed by atoms with Crippen LogP contribution < -0.4 is 5.32 Å². The van der Waals surface area contributed by atoms with Gasteiger partial charge in [0, 0.05) is 12.7 Å². The summed E-state index contributed by atoms with van der Waals surface area (Å²) in [7, 11) is 0. The summed E-state index contributed by atoms with van der Waals surface area (Å²) in [5.41, 5.74) is 0. The number of aromatic nitrogens is 3. The van der Waals surface area contributed by atoms with Crippen molar-refractivity contribution in [1.29, 1.82) is 0 Å². The molecule has 0 atom stereocenters. The highest BCUT2D eigenvalue weighted by Gasteiger charge is 1.92. The van der Waals surface area contributed by atoms with Gasteiger partial charge in [0.15, 0.2) is 0 Å². The van der Waals surface area contributed by atoms with Crippen LogP contribution in [0.2, 0.25) is 0 Å². The molecule has 1 aromatic heterocycles. The monoisotopic (exact) mass is 224 g/mol. The van der Waals surface area contributed by atoms with Crippen LogP contribution in [0.1, 0.15) is 45.4 Å². The first kappa shape index (κ1) is 13.2. The highest BCUT2D eigenvalue weighted by molar-refractivity contribution is 4.63. The summed E-state index contributed by atoms with van der Waals surface area (Å²) in [4.78, 5) is 0. The number of hydrogen-bond acceptors (Lipinski definition) is 3. The van der Waals surface area contributed by atoms with Gasteiger partial charge in [-0.2, -0.15) is 0 Å². The molecule has 1 rings (SSSR count). The Morgan fingerprint density at radius 2 is 1.88 bits per heavy atom. The van der Waals surface area contributed by atoms with Gasteiger partial charge < -0.3 is 5.32 Å². The van der Waals surface area contributed by atoms with E-state index in [4.69, 9.17) is 0 Å². The van der Waals surface area contributed by atoms with E-state index in [9.17, 15) is 0 Å². The molecule has 0 unspecified atom stereocenters. The molecule has 0 bridgehead atoms. The first-order valence-corrected chi connectivity index (χ1v) is 6.48. The van der Waals surface area contributed by atoms with Crippen molar-refractivity contribution in [2.24, 2.45) is 0 Å². The first-order valence-electron chi connectivity index (χ1n) is 6.48. The van der Waals surface area contributed by atoms with Crippen molar-refractivity contribution in [1.82, 2.24) is 20.3 Å². The van der Waals surface area contributed by atoms with Crippen LogP contribution in [-0.4, -0.2) is 28.1 Å². The van der Waals surface area contributed by atoms with Crippen molar-refractivity contribution in [3.8, 4) is 0 Å². The minimum absolute atomic E-state index is 0.961. The summed E-state index contributed by atoms with van der Waals surface area (Å²) in [6, 6.07) is 0. The molecule has 1 heterocycles. The number of hydrogen-bond donors (Lipinski definition) is 1. The molecule has 0 saturated carbocycles. The fraction of sp³-hybridized carbons (Fsp3) is 0.833. The second-order valence-electron chi connectivity index (χ2n) is 4.18. The Morgan fingerprint density at radius 1 is 1.06 bits per heavy atom. The van der Waals surface area contributed by atoms with E-state index in [0.29, 0.717) is 0 Å². The average molecular weight is 224 g/mol. The van der Waals surface area contributed by atoms with E-state index in [1.165, 1.54) is 32.1 Å². The van der Waals surface area contributed by atoms with E-state index in [-0.39, 0.29) is 0 Å². The first-order chi connectivity index (χ1) is 7.93. The molecular formula is C12H24N4. The van der Waals surface area contributed by atoms with Crippen LogP contribution in [-0.2, 0) is 6.54 Å². The highest BCUT2D eigenvalue weighted by atomic mass is 15.4. The lowest BCUT2D eigenvalue weighted by Gasteiger charge is -2.04. The summed E-state index contributed by atoms with van der Waals surface area (Å²) in [6.45, 7) is 5.44. The van der Waals surface area contributed by atoms with E-state index in [2.05, 4.69) is 22.6 Å². The third kappa shape index (κ3) is 6.56. The van der Waals surface area contributed by atoms with Gasteiger partial charge in [-0.15, -0.1) is 5.10 Å². The number of unbranched alkanes of at least 4 members (excludes halogenated alkanes) is 4. The van der Waals surface area contributed by atoms with Crippen molar-refractivity contribution in [3.05, 3.63) is 12.4 Å². The van der Waals surface area contributed by atoms with Gasteiger partial charge in [-0.05, 0) is 25.9 Å². The number of rotatable bonds is 10. The topological polar surface area (TPSA) is 42.7 Å². The van der Waals surface area contributed by atoms with Gasteiger partial charge in [0.25, 0.3) is 0 Å². The zero-order valence-electron chi connectivity index (χ0n) is 10.4. The summed E-state index contributed by atoms with van der Waals surface area (Å²) in [5.74, 6) is 0. The maximum absolute atomic E-state index is 3.92. The quantitative estimate of drug-likeness (QED) is 0.620. The predicted molar refractivity (Wildman–Crippen MR) is 66.3 cm³/mol. The van der Waals surface area contributed by atoms with Crippen molar-refractivity contribution in [3.63, 3.8) is 0 Å². The molecule has 0 radical (unpaired) electrons. The Hall–Kier alpha value is -0.900. The van der Waals surface area contributed by atoms with Gasteiger partial charge in [0.2, 0.25) is 0 Å². The average Bonchev–Trinajstić information content (AvgIpc) is 2.80. The summed E-state index contributed by atoms with van der Waals surface area (Å²) in [6.07, 6.45) is 11.5. The molecule has 0 aromatic carbocycles. The highest BCUT2D eigenvalue weighted by Crippen LogP contribution is 2.00. The molecule has 0 saturated heterocycles. The van der Waals surface area contributed by atoms with E-state index in [1.807, 2.05) is 10.9 Å². The van der Waals surface area contributed by atoms with Crippen molar-refractivity contribution in [2.45, 2.75) is 52.0 Å². The molecule has 0 spiro atoms. The van der Waals surface area contributed by atoms with Crippen molar-refractivity contribution < 1.29 is 0 Å². The molecule has 0 aliphatic heterocycles. The second kappa shape index (κ2) is 9.33. The maximum Gasteiger partial charge on any atom is 0.0692 e. The van der Waals surface area contributed by atoms with Crippen LogP contribution in [0.15, 0.2) is 12.4 Å². The summed E-state index contributed by atoms with van der Waals surface area (Å²) >= 11 is 0. The zero-order chi connectivity index (χ0) is 11.5. The molecule has 1 aromatic rings. The van der Waals surface area contributed by atoms with Gasteiger partial charge in [-0.3, -0.25) is 4.68 Å². The normalized spacial score (nSPS) is 10.8. The minimum Gasteiger partial charge on any atom is -0.317 e. The van der Waals surface area contributed by atoms with Crippen LogP contribution in [0.4, 0.5) is 0 Å². The molecular weight excluding hydrogens is 200 g/mol.